The molecule has 0 bridgehead atoms. The Morgan fingerprint density at radius 3 is 2.75 bits per heavy atom. The average Bonchev–Trinajstić information content (AvgIpc) is 3.33. The van der Waals surface area contributed by atoms with Crippen molar-refractivity contribution in [1.82, 2.24) is 9.78 Å². The van der Waals surface area contributed by atoms with Crippen molar-refractivity contribution in [2.24, 2.45) is 0 Å². The quantitative estimate of drug-likeness (QED) is 0.457. The highest BCUT2D eigenvalue weighted by atomic mass is 16.5. The van der Waals surface area contributed by atoms with Gasteiger partial charge in [-0.25, -0.2) is 4.68 Å². The Labute approximate surface area is 163 Å². The molecule has 1 aromatic heterocycles. The van der Waals surface area contributed by atoms with E-state index in [4.69, 9.17) is 4.74 Å². The molecule has 4 aromatic rings. The molecule has 1 atom stereocenters. The van der Waals surface area contributed by atoms with Gasteiger partial charge in [-0.05, 0) is 57.8 Å². The predicted octanol–water partition coefficient (Wildman–Crippen LogP) is 5.70. The lowest BCUT2D eigenvalue weighted by molar-refractivity contribution is 0.415. The number of rotatable bonds is 2. The van der Waals surface area contributed by atoms with Gasteiger partial charge in [0.15, 0.2) is 0 Å². The summed E-state index contributed by atoms with van der Waals surface area (Å²) in [7, 11) is 1.71. The van der Waals surface area contributed by atoms with Crippen molar-refractivity contribution < 1.29 is 4.74 Å². The first kappa shape index (κ1) is 15.5. The number of fused-ring (bicyclic) bond motifs is 7. The number of allylic oxidation sites excluding steroid dienone is 2. The second-order valence-corrected chi connectivity index (χ2v) is 7.28. The number of para-hydroxylation sites is 1. The van der Waals surface area contributed by atoms with Crippen molar-refractivity contribution in [2.75, 3.05) is 7.11 Å². The molecule has 0 saturated heterocycles. The van der Waals surface area contributed by atoms with Crippen molar-refractivity contribution in [2.45, 2.75) is 5.92 Å². The number of ether oxygens (including phenoxy) is 1. The lowest BCUT2D eigenvalue weighted by Crippen LogP contribution is -2.08. The zero-order valence-corrected chi connectivity index (χ0v) is 15.5. The Bertz CT molecular complexity index is 1300. The predicted molar refractivity (Wildman–Crippen MR) is 114 cm³/mol. The number of aromatic nitrogens is 2. The lowest BCUT2D eigenvalue weighted by Gasteiger charge is -2.22. The minimum atomic E-state index is 0.237. The van der Waals surface area contributed by atoms with Crippen LogP contribution in [0.1, 0.15) is 28.3 Å². The first-order chi connectivity index (χ1) is 13.8. The second-order valence-electron chi connectivity index (χ2n) is 7.28. The summed E-state index contributed by atoms with van der Waals surface area (Å²) in [6.07, 6.45) is 8.85. The van der Waals surface area contributed by atoms with E-state index in [2.05, 4.69) is 76.5 Å². The summed E-state index contributed by atoms with van der Waals surface area (Å²) in [4.78, 5) is 0. The molecular formula is C25H18N2O. The molecule has 2 aliphatic rings. The van der Waals surface area contributed by atoms with Crippen LogP contribution < -0.4 is 4.74 Å². The van der Waals surface area contributed by atoms with Gasteiger partial charge in [-0.3, -0.25) is 0 Å². The van der Waals surface area contributed by atoms with Crippen LogP contribution in [-0.2, 0) is 0 Å². The zero-order valence-electron chi connectivity index (χ0n) is 15.5. The molecule has 1 heterocycles. The molecule has 28 heavy (non-hydrogen) atoms. The van der Waals surface area contributed by atoms with Crippen molar-refractivity contribution in [3.63, 3.8) is 0 Å². The summed E-state index contributed by atoms with van der Waals surface area (Å²) >= 11 is 0. The van der Waals surface area contributed by atoms with Gasteiger partial charge < -0.3 is 4.74 Å². The van der Waals surface area contributed by atoms with Gasteiger partial charge in [-0.15, -0.1) is 0 Å². The van der Waals surface area contributed by atoms with Crippen LogP contribution in [0.5, 0.6) is 5.75 Å². The summed E-state index contributed by atoms with van der Waals surface area (Å²) in [5.74, 6) is 1.13. The van der Waals surface area contributed by atoms with E-state index >= 15 is 0 Å². The highest BCUT2D eigenvalue weighted by Crippen LogP contribution is 2.48. The Morgan fingerprint density at radius 2 is 1.89 bits per heavy atom. The molecule has 0 saturated carbocycles. The Balaban J connectivity index is 1.51. The van der Waals surface area contributed by atoms with E-state index < -0.39 is 0 Å². The minimum Gasteiger partial charge on any atom is -0.497 e. The topological polar surface area (TPSA) is 27.1 Å². The fraction of sp³-hybridized carbons (Fsp3) is 0.0800. The van der Waals surface area contributed by atoms with Gasteiger partial charge >= 0.3 is 0 Å². The molecular weight excluding hydrogens is 344 g/mol. The van der Waals surface area contributed by atoms with Gasteiger partial charge in [0.25, 0.3) is 0 Å². The molecule has 0 fully saturated rings. The molecule has 134 valence electrons. The normalized spacial score (nSPS) is 16.5. The molecule has 0 spiro atoms. The Hall–Kier alpha value is -3.59. The average molecular weight is 362 g/mol. The third-order valence-electron chi connectivity index (χ3n) is 5.81. The van der Waals surface area contributed by atoms with Gasteiger partial charge in [0, 0.05) is 11.5 Å². The fourth-order valence-electron chi connectivity index (χ4n) is 4.50. The van der Waals surface area contributed by atoms with E-state index in [1.807, 2.05) is 18.3 Å². The number of hydrogen-bond acceptors (Lipinski definition) is 2. The van der Waals surface area contributed by atoms with E-state index in [9.17, 15) is 0 Å². The van der Waals surface area contributed by atoms with E-state index in [0.29, 0.717) is 0 Å². The van der Waals surface area contributed by atoms with Crippen LogP contribution >= 0.6 is 0 Å². The Morgan fingerprint density at radius 1 is 1.00 bits per heavy atom. The van der Waals surface area contributed by atoms with Gasteiger partial charge in [0.05, 0.1) is 24.7 Å². The number of hydrogen-bond donors (Lipinski definition) is 0. The molecule has 3 nitrogen and oxygen atoms in total. The first-order valence-electron chi connectivity index (χ1n) is 9.48. The summed E-state index contributed by atoms with van der Waals surface area (Å²) in [5.41, 5.74) is 7.50. The van der Waals surface area contributed by atoms with Crippen LogP contribution in [0.15, 0.2) is 72.9 Å². The van der Waals surface area contributed by atoms with E-state index in [1.54, 1.807) is 7.11 Å². The van der Waals surface area contributed by atoms with Gasteiger partial charge in [0.1, 0.15) is 5.75 Å². The summed E-state index contributed by atoms with van der Waals surface area (Å²) in [5, 5.41) is 7.11. The maximum absolute atomic E-state index is 5.38. The van der Waals surface area contributed by atoms with Crippen LogP contribution in [0, 0.1) is 0 Å². The SMILES string of the molecule is COc1ccc2c3c(ccc2c1)C1=Cc2cnn(-c4ccccc4)c2[C@H]1C=C3. The smallest absolute Gasteiger partial charge is 0.119 e. The van der Waals surface area contributed by atoms with Crippen LogP contribution in [0.2, 0.25) is 0 Å². The standard InChI is InChI=1S/C25H18N2O/c1-28-19-8-10-20-16(13-19)7-9-22-21(20)11-12-23-24(22)14-17-15-26-27(25(17)23)18-5-3-2-4-6-18/h2-15,23H,1H3/t23-/m0/s1. The number of nitrogens with zero attached hydrogens (tertiary/aromatic N) is 2. The molecule has 0 radical (unpaired) electrons. The minimum absolute atomic E-state index is 0.237. The van der Waals surface area contributed by atoms with Crippen molar-refractivity contribution >= 4 is 28.5 Å². The second kappa shape index (κ2) is 5.70. The summed E-state index contributed by atoms with van der Waals surface area (Å²) < 4.78 is 7.46. The largest absolute Gasteiger partial charge is 0.497 e. The maximum Gasteiger partial charge on any atom is 0.119 e. The summed E-state index contributed by atoms with van der Waals surface area (Å²) in [6, 6.07) is 21.1. The van der Waals surface area contributed by atoms with Gasteiger partial charge in [-0.2, -0.15) is 5.10 Å². The van der Waals surface area contributed by atoms with Crippen LogP contribution in [0.25, 0.3) is 34.2 Å². The zero-order chi connectivity index (χ0) is 18.7. The van der Waals surface area contributed by atoms with E-state index in [-0.39, 0.29) is 5.92 Å². The first-order valence-corrected chi connectivity index (χ1v) is 9.48. The molecule has 6 rings (SSSR count). The monoisotopic (exact) mass is 362 g/mol. The number of methoxy groups -OCH3 is 1. The molecule has 3 aromatic carbocycles. The van der Waals surface area contributed by atoms with E-state index in [1.165, 1.54) is 38.7 Å². The Kier molecular flexibility index (Phi) is 3.15. The highest BCUT2D eigenvalue weighted by molar-refractivity contribution is 6.04. The third-order valence-corrected chi connectivity index (χ3v) is 5.81. The van der Waals surface area contributed by atoms with Crippen LogP contribution in [0.4, 0.5) is 0 Å². The molecule has 3 heteroatoms. The van der Waals surface area contributed by atoms with Crippen molar-refractivity contribution in [1.29, 1.82) is 0 Å². The lowest BCUT2D eigenvalue weighted by atomic mass is 9.83. The maximum atomic E-state index is 5.38. The van der Waals surface area contributed by atoms with Crippen molar-refractivity contribution in [3.05, 3.63) is 95.3 Å². The van der Waals surface area contributed by atoms with Crippen LogP contribution in [-0.4, -0.2) is 16.9 Å². The van der Waals surface area contributed by atoms with Gasteiger partial charge in [-0.1, -0.05) is 48.6 Å². The highest BCUT2D eigenvalue weighted by Gasteiger charge is 2.32. The number of benzene rings is 3. The third kappa shape index (κ3) is 2.07. The summed E-state index contributed by atoms with van der Waals surface area (Å²) in [6.45, 7) is 0. The molecule has 0 unspecified atom stereocenters. The molecule has 0 amide bonds. The van der Waals surface area contributed by atoms with Gasteiger partial charge in [0.2, 0.25) is 0 Å². The fourth-order valence-corrected chi connectivity index (χ4v) is 4.50. The molecule has 0 N–H and O–H groups in total. The molecule has 2 aliphatic carbocycles. The van der Waals surface area contributed by atoms with Crippen molar-refractivity contribution in [3.8, 4) is 11.4 Å². The van der Waals surface area contributed by atoms with E-state index in [0.717, 1.165) is 11.4 Å². The molecule has 0 aliphatic heterocycles. The van der Waals surface area contributed by atoms with Crippen LogP contribution in [0.3, 0.4) is 0 Å².